The van der Waals surface area contributed by atoms with Gasteiger partial charge in [-0.2, -0.15) is 0 Å². The number of benzene rings is 3. The SMILES string of the molecule is Cc1cccc(NC(=O)C(=O)Nn2c(C(=O)Nc3ccc(Br)c(C)c3)cc3cc(Br)ccc32)c1. The molecule has 0 bridgehead atoms. The highest BCUT2D eigenvalue weighted by molar-refractivity contribution is 9.10. The Balaban J connectivity index is 1.63. The number of carbonyl (C=O) groups excluding carboxylic acids is 3. The highest BCUT2D eigenvalue weighted by Gasteiger charge is 2.21. The van der Waals surface area contributed by atoms with E-state index in [-0.39, 0.29) is 5.69 Å². The molecule has 34 heavy (non-hydrogen) atoms. The molecule has 9 heteroatoms. The first-order valence-electron chi connectivity index (χ1n) is 10.3. The quantitative estimate of drug-likeness (QED) is 0.267. The minimum absolute atomic E-state index is 0.172. The fourth-order valence-electron chi connectivity index (χ4n) is 3.45. The molecule has 0 spiro atoms. The number of fused-ring (bicyclic) bond motifs is 1. The zero-order valence-electron chi connectivity index (χ0n) is 18.3. The third kappa shape index (κ3) is 5.21. The molecule has 0 saturated carbocycles. The Bertz CT molecular complexity index is 1450. The summed E-state index contributed by atoms with van der Waals surface area (Å²) in [6, 6.07) is 19.6. The van der Waals surface area contributed by atoms with Crippen LogP contribution in [0.2, 0.25) is 0 Å². The van der Waals surface area contributed by atoms with Gasteiger partial charge in [-0.3, -0.25) is 19.8 Å². The lowest BCUT2D eigenvalue weighted by Gasteiger charge is -2.13. The van der Waals surface area contributed by atoms with Crippen molar-refractivity contribution in [2.75, 3.05) is 16.1 Å². The van der Waals surface area contributed by atoms with E-state index in [0.29, 0.717) is 22.3 Å². The van der Waals surface area contributed by atoms with Crippen LogP contribution in [0.4, 0.5) is 11.4 Å². The predicted molar refractivity (Wildman–Crippen MR) is 141 cm³/mol. The molecule has 0 atom stereocenters. The summed E-state index contributed by atoms with van der Waals surface area (Å²) in [5.74, 6) is -2.19. The number of carbonyl (C=O) groups is 3. The van der Waals surface area contributed by atoms with Crippen molar-refractivity contribution in [1.29, 1.82) is 0 Å². The van der Waals surface area contributed by atoms with E-state index in [1.165, 1.54) is 4.68 Å². The summed E-state index contributed by atoms with van der Waals surface area (Å²) < 4.78 is 3.06. The van der Waals surface area contributed by atoms with Crippen molar-refractivity contribution in [2.24, 2.45) is 0 Å². The molecule has 172 valence electrons. The van der Waals surface area contributed by atoms with Crippen molar-refractivity contribution < 1.29 is 14.4 Å². The lowest BCUT2D eigenvalue weighted by molar-refractivity contribution is -0.133. The first-order valence-corrected chi connectivity index (χ1v) is 11.9. The largest absolute Gasteiger partial charge is 0.328 e. The standard InChI is InChI=1S/C25H20Br2N4O3/c1-14-4-3-5-18(10-14)29-24(33)25(34)30-31-21-9-6-17(26)12-16(21)13-22(31)23(32)28-19-7-8-20(27)15(2)11-19/h3-13H,1-2H3,(H,28,32)(H,29,33)(H,30,34). The van der Waals surface area contributed by atoms with Gasteiger partial charge in [-0.1, -0.05) is 44.0 Å². The van der Waals surface area contributed by atoms with Crippen LogP contribution in [0.3, 0.4) is 0 Å². The molecule has 0 aliphatic rings. The van der Waals surface area contributed by atoms with E-state index in [2.05, 4.69) is 47.9 Å². The average molecular weight is 584 g/mol. The summed E-state index contributed by atoms with van der Waals surface area (Å²) in [6.45, 7) is 3.80. The van der Waals surface area contributed by atoms with Crippen molar-refractivity contribution in [3.05, 3.63) is 92.5 Å². The third-order valence-corrected chi connectivity index (χ3v) is 6.49. The van der Waals surface area contributed by atoms with E-state index >= 15 is 0 Å². The van der Waals surface area contributed by atoms with Gasteiger partial charge in [0.25, 0.3) is 5.91 Å². The zero-order chi connectivity index (χ0) is 24.4. The molecular formula is C25H20Br2N4O3. The van der Waals surface area contributed by atoms with Crippen molar-refractivity contribution in [3.8, 4) is 0 Å². The molecule has 4 aromatic rings. The number of rotatable bonds is 4. The van der Waals surface area contributed by atoms with E-state index in [1.807, 2.05) is 38.1 Å². The number of aromatic nitrogens is 1. The fraction of sp³-hybridized carbons (Fsp3) is 0.0800. The molecule has 4 rings (SSSR count). The van der Waals surface area contributed by atoms with E-state index < -0.39 is 17.7 Å². The van der Waals surface area contributed by atoms with Gasteiger partial charge in [-0.05, 0) is 79.6 Å². The van der Waals surface area contributed by atoms with Crippen LogP contribution in [0.1, 0.15) is 21.6 Å². The number of nitrogens with zero attached hydrogens (tertiary/aromatic N) is 1. The Hall–Kier alpha value is -3.43. The number of hydrogen-bond acceptors (Lipinski definition) is 3. The Morgan fingerprint density at radius 3 is 2.29 bits per heavy atom. The third-order valence-electron chi connectivity index (χ3n) is 5.11. The normalized spacial score (nSPS) is 10.7. The maximum absolute atomic E-state index is 13.2. The predicted octanol–water partition coefficient (Wildman–Crippen LogP) is 5.74. The van der Waals surface area contributed by atoms with Crippen LogP contribution in [-0.2, 0) is 9.59 Å². The van der Waals surface area contributed by atoms with E-state index in [1.54, 1.807) is 42.5 Å². The highest BCUT2D eigenvalue weighted by Crippen LogP contribution is 2.25. The monoisotopic (exact) mass is 582 g/mol. The Kier molecular flexibility index (Phi) is 6.85. The van der Waals surface area contributed by atoms with Gasteiger partial charge >= 0.3 is 11.8 Å². The highest BCUT2D eigenvalue weighted by atomic mass is 79.9. The van der Waals surface area contributed by atoms with Gasteiger partial charge < -0.3 is 10.6 Å². The van der Waals surface area contributed by atoms with Crippen molar-refractivity contribution in [1.82, 2.24) is 4.68 Å². The van der Waals surface area contributed by atoms with E-state index in [4.69, 9.17) is 0 Å². The maximum Gasteiger partial charge on any atom is 0.328 e. The number of halogens is 2. The van der Waals surface area contributed by atoms with Crippen LogP contribution in [0.25, 0.3) is 10.9 Å². The lowest BCUT2D eigenvalue weighted by Crippen LogP contribution is -2.36. The van der Waals surface area contributed by atoms with Crippen molar-refractivity contribution in [3.63, 3.8) is 0 Å². The number of nitrogens with one attached hydrogen (secondary N) is 3. The minimum atomic E-state index is -0.907. The van der Waals surface area contributed by atoms with Crippen LogP contribution in [0.15, 0.2) is 75.7 Å². The Morgan fingerprint density at radius 1 is 0.794 bits per heavy atom. The van der Waals surface area contributed by atoms with E-state index in [0.717, 1.165) is 20.1 Å². The Morgan fingerprint density at radius 2 is 1.56 bits per heavy atom. The molecule has 7 nitrogen and oxygen atoms in total. The summed E-state index contributed by atoms with van der Waals surface area (Å²) in [4.78, 5) is 38.4. The first-order chi connectivity index (χ1) is 16.2. The molecule has 1 heterocycles. The van der Waals surface area contributed by atoms with Crippen LogP contribution in [0.5, 0.6) is 0 Å². The smallest absolute Gasteiger partial charge is 0.321 e. The van der Waals surface area contributed by atoms with Gasteiger partial charge in [0.1, 0.15) is 5.69 Å². The van der Waals surface area contributed by atoms with Crippen LogP contribution < -0.4 is 16.1 Å². The van der Waals surface area contributed by atoms with Crippen molar-refractivity contribution in [2.45, 2.75) is 13.8 Å². The molecule has 0 radical (unpaired) electrons. The van der Waals surface area contributed by atoms with Gasteiger partial charge in [0.2, 0.25) is 0 Å². The molecular weight excluding hydrogens is 564 g/mol. The molecule has 3 N–H and O–H groups in total. The molecule has 0 aliphatic heterocycles. The van der Waals surface area contributed by atoms with Gasteiger partial charge in [-0.15, -0.1) is 0 Å². The maximum atomic E-state index is 13.2. The molecule has 3 amide bonds. The minimum Gasteiger partial charge on any atom is -0.321 e. The lowest BCUT2D eigenvalue weighted by atomic mass is 10.2. The van der Waals surface area contributed by atoms with E-state index in [9.17, 15) is 14.4 Å². The first kappa shape index (κ1) is 23.7. The van der Waals surface area contributed by atoms with Gasteiger partial charge in [-0.25, -0.2) is 4.68 Å². The Labute approximate surface area is 212 Å². The number of amides is 3. The van der Waals surface area contributed by atoms with Crippen LogP contribution in [-0.4, -0.2) is 22.4 Å². The van der Waals surface area contributed by atoms with Crippen LogP contribution in [0, 0.1) is 13.8 Å². The molecule has 0 fully saturated rings. The molecule has 1 aromatic heterocycles. The second-order valence-electron chi connectivity index (χ2n) is 7.75. The summed E-state index contributed by atoms with van der Waals surface area (Å²) in [5, 5.41) is 6.14. The molecule has 0 unspecified atom stereocenters. The summed E-state index contributed by atoms with van der Waals surface area (Å²) >= 11 is 6.87. The van der Waals surface area contributed by atoms with Gasteiger partial charge in [0, 0.05) is 25.7 Å². The molecule has 0 saturated heterocycles. The summed E-state index contributed by atoms with van der Waals surface area (Å²) in [5.41, 5.74) is 6.31. The van der Waals surface area contributed by atoms with Crippen molar-refractivity contribution >= 4 is 71.9 Å². The number of hydrogen-bond donors (Lipinski definition) is 3. The summed E-state index contributed by atoms with van der Waals surface area (Å²) in [6.07, 6.45) is 0. The van der Waals surface area contributed by atoms with Gasteiger partial charge in [0.05, 0.1) is 5.52 Å². The summed E-state index contributed by atoms with van der Waals surface area (Å²) in [7, 11) is 0. The second-order valence-corrected chi connectivity index (χ2v) is 9.52. The number of aryl methyl sites for hydroxylation is 2. The molecule has 3 aromatic carbocycles. The topological polar surface area (TPSA) is 92.2 Å². The molecule has 0 aliphatic carbocycles. The zero-order valence-corrected chi connectivity index (χ0v) is 21.5. The fourth-order valence-corrected chi connectivity index (χ4v) is 4.08. The van der Waals surface area contributed by atoms with Crippen LogP contribution >= 0.6 is 31.9 Å². The van der Waals surface area contributed by atoms with Gasteiger partial charge in [0.15, 0.2) is 0 Å². The second kappa shape index (κ2) is 9.82. The number of anilines is 2. The average Bonchev–Trinajstić information content (AvgIpc) is 3.13.